The summed E-state index contributed by atoms with van der Waals surface area (Å²) in [7, 11) is 1.39. The number of primary amides is 1. The fraction of sp³-hybridized carbons (Fsp3) is 0.375. The number of rotatable bonds is 9. The standard InChI is InChI=1S/C32H29F4N5O5/c1-45-23-11-17(10-18-13-41(21-8-9-21)40-25(18)23)28(42)38-14-31(44,32(34,35)36)24-12-22-27(26(39-24)16-2-6-20(33)7-3-16)46-15-30(22,29(37)43)19-4-5-19/h2-3,6-7,10-13,19,21,44H,4-5,8-9,14-15H2,1H3,(H2,37,43)(H,38,42)/t30-,31?/m1/s1. The lowest BCUT2D eigenvalue weighted by Gasteiger charge is -2.32. The highest BCUT2D eigenvalue weighted by atomic mass is 19.4. The number of carbonyl (C=O) groups is 2. The van der Waals surface area contributed by atoms with E-state index in [4.69, 9.17) is 15.2 Å². The molecule has 4 aromatic rings. The van der Waals surface area contributed by atoms with Crippen LogP contribution in [0.1, 0.15) is 53.3 Å². The van der Waals surface area contributed by atoms with Gasteiger partial charge in [0.25, 0.3) is 5.91 Å². The van der Waals surface area contributed by atoms with Crippen LogP contribution in [0.25, 0.3) is 22.2 Å². The third-order valence-corrected chi connectivity index (χ3v) is 9.12. The number of methoxy groups -OCH3 is 1. The van der Waals surface area contributed by atoms with Crippen molar-refractivity contribution in [2.75, 3.05) is 20.3 Å². The number of pyridine rings is 1. The first-order valence-electron chi connectivity index (χ1n) is 14.7. The highest BCUT2D eigenvalue weighted by Gasteiger charge is 2.60. The minimum absolute atomic E-state index is 0.00647. The molecule has 240 valence electrons. The van der Waals surface area contributed by atoms with Gasteiger partial charge in [-0.2, -0.15) is 18.3 Å². The maximum Gasteiger partial charge on any atom is 0.424 e. The van der Waals surface area contributed by atoms with E-state index in [0.717, 1.165) is 31.0 Å². The van der Waals surface area contributed by atoms with Gasteiger partial charge < -0.3 is 25.6 Å². The minimum atomic E-state index is -5.34. The van der Waals surface area contributed by atoms with Gasteiger partial charge >= 0.3 is 6.18 Å². The molecule has 0 saturated heterocycles. The first-order chi connectivity index (χ1) is 21.9. The highest BCUT2D eigenvalue weighted by molar-refractivity contribution is 6.00. The predicted octanol–water partition coefficient (Wildman–Crippen LogP) is 4.29. The maximum absolute atomic E-state index is 14.9. The van der Waals surface area contributed by atoms with E-state index in [1.165, 1.54) is 31.4 Å². The zero-order chi connectivity index (χ0) is 32.6. The second-order valence-electron chi connectivity index (χ2n) is 12.1. The number of aromatic nitrogens is 3. The van der Waals surface area contributed by atoms with Gasteiger partial charge in [0.1, 0.15) is 40.5 Å². The van der Waals surface area contributed by atoms with Crippen molar-refractivity contribution in [2.24, 2.45) is 11.7 Å². The highest BCUT2D eigenvalue weighted by Crippen LogP contribution is 2.56. The van der Waals surface area contributed by atoms with Crippen LogP contribution in [0, 0.1) is 11.7 Å². The van der Waals surface area contributed by atoms with Crippen LogP contribution in [-0.4, -0.2) is 58.1 Å². The molecule has 2 aromatic carbocycles. The number of halogens is 4. The van der Waals surface area contributed by atoms with Crippen molar-refractivity contribution in [3.63, 3.8) is 0 Å². The number of nitrogens with one attached hydrogen (secondary N) is 1. The van der Waals surface area contributed by atoms with Crippen LogP contribution in [0.15, 0.2) is 48.7 Å². The number of amides is 2. The number of fused-ring (bicyclic) bond motifs is 2. The molecule has 2 aliphatic carbocycles. The normalized spacial score (nSPS) is 20.6. The summed E-state index contributed by atoms with van der Waals surface area (Å²) in [6.45, 7) is -1.54. The van der Waals surface area contributed by atoms with Gasteiger partial charge in [0.2, 0.25) is 11.5 Å². The fourth-order valence-corrected chi connectivity index (χ4v) is 6.19. The molecule has 14 heteroatoms. The Morgan fingerprint density at radius 2 is 1.87 bits per heavy atom. The van der Waals surface area contributed by atoms with Gasteiger partial charge in [-0.25, -0.2) is 9.37 Å². The fourth-order valence-electron chi connectivity index (χ4n) is 6.19. The SMILES string of the molecule is COc1cc(C(=O)NCC(O)(c2cc3c(c(-c4ccc(F)cc4)n2)OC[C@@]3(C(N)=O)C2CC2)C(F)(F)F)cc2cn(C3CC3)nc12. The van der Waals surface area contributed by atoms with Gasteiger partial charge in [-0.1, -0.05) is 0 Å². The first-order valence-corrected chi connectivity index (χ1v) is 14.7. The molecule has 10 nitrogen and oxygen atoms in total. The van der Waals surface area contributed by atoms with Gasteiger partial charge in [-0.05, 0) is 74.1 Å². The van der Waals surface area contributed by atoms with Crippen LogP contribution >= 0.6 is 0 Å². The topological polar surface area (TPSA) is 142 Å². The van der Waals surface area contributed by atoms with Crippen LogP contribution in [0.3, 0.4) is 0 Å². The van der Waals surface area contributed by atoms with Gasteiger partial charge in [-0.15, -0.1) is 0 Å². The molecule has 4 N–H and O–H groups in total. The zero-order valence-corrected chi connectivity index (χ0v) is 24.5. The van der Waals surface area contributed by atoms with Crippen molar-refractivity contribution < 1.29 is 41.7 Å². The zero-order valence-electron chi connectivity index (χ0n) is 24.5. The van der Waals surface area contributed by atoms with E-state index >= 15 is 0 Å². The lowest BCUT2D eigenvalue weighted by atomic mass is 9.76. The smallest absolute Gasteiger partial charge is 0.424 e. The summed E-state index contributed by atoms with van der Waals surface area (Å²) in [5.74, 6) is -2.27. The minimum Gasteiger partial charge on any atom is -0.494 e. The molecule has 1 unspecified atom stereocenters. The molecule has 0 spiro atoms. The third-order valence-electron chi connectivity index (χ3n) is 9.12. The number of benzene rings is 2. The Hall–Kier alpha value is -4.72. The van der Waals surface area contributed by atoms with Crippen LogP contribution in [-0.2, 0) is 15.8 Å². The average Bonchev–Trinajstić information content (AvgIpc) is 3.97. The molecule has 2 aromatic heterocycles. The number of nitrogens with zero attached hydrogens (tertiary/aromatic N) is 3. The van der Waals surface area contributed by atoms with Gasteiger partial charge in [-0.3, -0.25) is 14.3 Å². The Kier molecular flexibility index (Phi) is 6.78. The average molecular weight is 640 g/mol. The Morgan fingerprint density at radius 3 is 2.48 bits per heavy atom. The molecule has 7 rings (SSSR count). The number of alkyl halides is 3. The molecular formula is C32H29F4N5O5. The molecule has 46 heavy (non-hydrogen) atoms. The quantitative estimate of drug-likeness (QED) is 0.232. The Bertz CT molecular complexity index is 1890. The van der Waals surface area contributed by atoms with Crippen molar-refractivity contribution in [1.29, 1.82) is 0 Å². The number of hydrogen-bond donors (Lipinski definition) is 3. The van der Waals surface area contributed by atoms with Crippen molar-refractivity contribution in [3.8, 4) is 22.8 Å². The molecule has 3 aliphatic rings. The number of carbonyl (C=O) groups excluding carboxylic acids is 2. The molecule has 1 aliphatic heterocycles. The number of nitrogens with two attached hydrogens (primary N) is 1. The summed E-state index contributed by atoms with van der Waals surface area (Å²) in [6, 6.07) is 8.88. The van der Waals surface area contributed by atoms with E-state index in [1.54, 1.807) is 10.9 Å². The molecule has 3 heterocycles. The number of aliphatic hydroxyl groups is 1. The van der Waals surface area contributed by atoms with Crippen molar-refractivity contribution >= 4 is 22.7 Å². The summed E-state index contributed by atoms with van der Waals surface area (Å²) in [6.07, 6.45) is -0.469. The maximum atomic E-state index is 14.9. The summed E-state index contributed by atoms with van der Waals surface area (Å²) in [4.78, 5) is 30.4. The van der Waals surface area contributed by atoms with E-state index in [-0.39, 0.29) is 52.4 Å². The molecule has 2 saturated carbocycles. The molecule has 0 bridgehead atoms. The summed E-state index contributed by atoms with van der Waals surface area (Å²) < 4.78 is 71.4. The first kappa shape index (κ1) is 30.0. The van der Waals surface area contributed by atoms with E-state index in [2.05, 4.69) is 15.4 Å². The Labute approximate surface area is 259 Å². The number of hydrogen-bond acceptors (Lipinski definition) is 7. The molecular weight excluding hydrogens is 610 g/mol. The molecule has 2 fully saturated rings. The lowest BCUT2D eigenvalue weighted by Crippen LogP contribution is -2.52. The lowest BCUT2D eigenvalue weighted by molar-refractivity contribution is -0.265. The third kappa shape index (κ3) is 4.73. The van der Waals surface area contributed by atoms with Crippen LogP contribution < -0.4 is 20.5 Å². The van der Waals surface area contributed by atoms with Crippen LogP contribution in [0.5, 0.6) is 11.5 Å². The number of ether oxygens (including phenoxy) is 2. The second kappa shape index (κ2) is 10.4. The molecule has 0 radical (unpaired) electrons. The second-order valence-corrected chi connectivity index (χ2v) is 12.1. The van der Waals surface area contributed by atoms with Crippen molar-refractivity contribution in [2.45, 2.75) is 48.9 Å². The van der Waals surface area contributed by atoms with E-state index in [1.807, 2.05) is 0 Å². The van der Waals surface area contributed by atoms with E-state index in [9.17, 15) is 32.3 Å². The van der Waals surface area contributed by atoms with Crippen molar-refractivity contribution in [1.82, 2.24) is 20.1 Å². The van der Waals surface area contributed by atoms with Gasteiger partial charge in [0.05, 0.1) is 25.4 Å². The largest absolute Gasteiger partial charge is 0.494 e. The monoisotopic (exact) mass is 639 g/mol. The summed E-state index contributed by atoms with van der Waals surface area (Å²) in [5, 5.41) is 18.7. The molecule has 2 atom stereocenters. The molecule has 2 amide bonds. The van der Waals surface area contributed by atoms with Gasteiger partial charge in [0, 0.05) is 28.3 Å². The van der Waals surface area contributed by atoms with E-state index in [0.29, 0.717) is 23.7 Å². The Morgan fingerprint density at radius 1 is 1.15 bits per heavy atom. The predicted molar refractivity (Wildman–Crippen MR) is 156 cm³/mol. The van der Waals surface area contributed by atoms with Gasteiger partial charge in [0.15, 0.2) is 0 Å². The van der Waals surface area contributed by atoms with Crippen LogP contribution in [0.2, 0.25) is 0 Å². The van der Waals surface area contributed by atoms with Crippen molar-refractivity contribution in [3.05, 3.63) is 71.3 Å². The van der Waals surface area contributed by atoms with E-state index < -0.39 is 47.1 Å². The summed E-state index contributed by atoms with van der Waals surface area (Å²) >= 11 is 0. The summed E-state index contributed by atoms with van der Waals surface area (Å²) in [5.41, 5.74) is 0.413. The Balaban J connectivity index is 1.29. The van der Waals surface area contributed by atoms with Crippen LogP contribution in [0.4, 0.5) is 17.6 Å².